The summed E-state index contributed by atoms with van der Waals surface area (Å²) in [5, 5.41) is 0. The van der Waals surface area contributed by atoms with Crippen LogP contribution < -0.4 is 0 Å². The van der Waals surface area contributed by atoms with Gasteiger partial charge in [-0.05, 0) is 86.0 Å². The molecule has 0 bridgehead atoms. The summed E-state index contributed by atoms with van der Waals surface area (Å²) in [4.78, 5) is 0. The molecule has 0 N–H and O–H groups in total. The molecule has 0 aromatic rings. The lowest BCUT2D eigenvalue weighted by Crippen LogP contribution is -2.45. The van der Waals surface area contributed by atoms with Crippen molar-refractivity contribution in [3.8, 4) is 0 Å². The SMILES string of the molecule is CC(=CCCC1(C)OCC(C)(C)CO1)CCCC(C)C.CC(C)=CCCC(C)=CCCC1(C)OCC(C)(C)CO1. The van der Waals surface area contributed by atoms with Gasteiger partial charge in [0.15, 0.2) is 11.6 Å². The van der Waals surface area contributed by atoms with E-state index in [0.29, 0.717) is 0 Å². The fraction of sp³-hybridized carbons (Fsp3) is 0.833. The van der Waals surface area contributed by atoms with E-state index in [1.807, 2.05) is 0 Å². The molecule has 0 unspecified atom stereocenters. The highest BCUT2D eigenvalue weighted by Gasteiger charge is 2.37. The predicted octanol–water partition coefficient (Wildman–Crippen LogP) is 10.6. The van der Waals surface area contributed by atoms with Crippen LogP contribution in [0.2, 0.25) is 0 Å². The molecule has 2 saturated heterocycles. The maximum absolute atomic E-state index is 5.92. The third-order valence-electron chi connectivity index (χ3n) is 7.70. The summed E-state index contributed by atoms with van der Waals surface area (Å²) in [6, 6.07) is 0. The minimum Gasteiger partial charge on any atom is -0.350 e. The van der Waals surface area contributed by atoms with Crippen molar-refractivity contribution in [3.05, 3.63) is 34.9 Å². The van der Waals surface area contributed by atoms with E-state index < -0.39 is 5.79 Å². The third kappa shape index (κ3) is 17.1. The summed E-state index contributed by atoms with van der Waals surface area (Å²) in [6.45, 7) is 29.4. The van der Waals surface area contributed by atoms with Gasteiger partial charge in [0, 0.05) is 23.7 Å². The van der Waals surface area contributed by atoms with Crippen LogP contribution in [-0.4, -0.2) is 38.0 Å². The summed E-state index contributed by atoms with van der Waals surface area (Å²) < 4.78 is 23.7. The predicted molar refractivity (Wildman–Crippen MR) is 172 cm³/mol. The van der Waals surface area contributed by atoms with E-state index in [0.717, 1.165) is 70.9 Å². The van der Waals surface area contributed by atoms with Crippen LogP contribution in [0.3, 0.4) is 0 Å². The zero-order valence-corrected chi connectivity index (χ0v) is 28.6. The summed E-state index contributed by atoms with van der Waals surface area (Å²) >= 11 is 0. The molecule has 0 saturated carbocycles. The zero-order chi connectivity index (χ0) is 30.5. The van der Waals surface area contributed by atoms with Gasteiger partial charge in [-0.15, -0.1) is 0 Å². The molecule has 2 aliphatic rings. The van der Waals surface area contributed by atoms with Crippen LogP contribution >= 0.6 is 0 Å². The van der Waals surface area contributed by atoms with E-state index in [9.17, 15) is 0 Å². The average molecular weight is 563 g/mol. The first-order chi connectivity index (χ1) is 18.4. The molecule has 0 aromatic heterocycles. The van der Waals surface area contributed by atoms with Crippen LogP contribution in [0.25, 0.3) is 0 Å². The van der Waals surface area contributed by atoms with E-state index >= 15 is 0 Å². The van der Waals surface area contributed by atoms with Crippen LogP contribution in [-0.2, 0) is 18.9 Å². The molecule has 0 amide bonds. The zero-order valence-electron chi connectivity index (χ0n) is 28.6. The molecule has 0 radical (unpaired) electrons. The Hall–Kier alpha value is -0.940. The summed E-state index contributed by atoms with van der Waals surface area (Å²) in [5.74, 6) is 0.0327. The molecule has 2 heterocycles. The number of allylic oxidation sites excluding steroid dienone is 6. The highest BCUT2D eigenvalue weighted by molar-refractivity contribution is 5.02. The van der Waals surface area contributed by atoms with Crippen LogP contribution in [0.15, 0.2) is 34.9 Å². The molecule has 2 aliphatic heterocycles. The lowest BCUT2D eigenvalue weighted by atomic mass is 9.94. The average Bonchev–Trinajstić information content (AvgIpc) is 2.84. The normalized spacial score (nSPS) is 21.9. The Labute approximate surface area is 249 Å². The molecule has 4 heteroatoms. The Bertz CT molecular complexity index is 791. The molecule has 2 rings (SSSR count). The first-order valence-corrected chi connectivity index (χ1v) is 16.0. The van der Waals surface area contributed by atoms with E-state index in [-0.39, 0.29) is 16.6 Å². The number of rotatable bonds is 13. The first kappa shape index (κ1) is 37.1. The molecule has 0 atom stereocenters. The van der Waals surface area contributed by atoms with Crippen molar-refractivity contribution >= 4 is 0 Å². The van der Waals surface area contributed by atoms with Gasteiger partial charge >= 0.3 is 0 Å². The van der Waals surface area contributed by atoms with Gasteiger partial charge in [0.05, 0.1) is 26.4 Å². The Morgan fingerprint density at radius 1 is 0.600 bits per heavy atom. The van der Waals surface area contributed by atoms with Crippen molar-refractivity contribution in [2.24, 2.45) is 16.7 Å². The lowest BCUT2D eigenvalue weighted by Gasteiger charge is -2.41. The molecule has 4 nitrogen and oxygen atoms in total. The van der Waals surface area contributed by atoms with Crippen molar-refractivity contribution in [1.82, 2.24) is 0 Å². The van der Waals surface area contributed by atoms with Crippen molar-refractivity contribution in [1.29, 1.82) is 0 Å². The maximum Gasteiger partial charge on any atom is 0.165 e. The first-order valence-electron chi connectivity index (χ1n) is 16.0. The Morgan fingerprint density at radius 3 is 1.38 bits per heavy atom. The minimum atomic E-state index is -0.397. The lowest BCUT2D eigenvalue weighted by molar-refractivity contribution is -0.291. The Balaban J connectivity index is 0.000000400. The van der Waals surface area contributed by atoms with Crippen LogP contribution in [0.1, 0.15) is 141 Å². The van der Waals surface area contributed by atoms with Crippen molar-refractivity contribution in [3.63, 3.8) is 0 Å². The molecule has 0 spiro atoms. The Kier molecular flexibility index (Phi) is 16.0. The van der Waals surface area contributed by atoms with Gasteiger partial charge in [-0.25, -0.2) is 0 Å². The van der Waals surface area contributed by atoms with Gasteiger partial charge in [-0.1, -0.05) is 82.9 Å². The van der Waals surface area contributed by atoms with Gasteiger partial charge in [-0.2, -0.15) is 0 Å². The van der Waals surface area contributed by atoms with Crippen molar-refractivity contribution in [2.45, 2.75) is 152 Å². The number of hydrogen-bond acceptors (Lipinski definition) is 4. The van der Waals surface area contributed by atoms with Gasteiger partial charge in [0.1, 0.15) is 0 Å². The number of ether oxygens (including phenoxy) is 4. The van der Waals surface area contributed by atoms with Crippen molar-refractivity contribution < 1.29 is 18.9 Å². The molecule has 234 valence electrons. The molecule has 0 aromatic carbocycles. The Morgan fingerprint density at radius 2 is 1.00 bits per heavy atom. The van der Waals surface area contributed by atoms with E-state index in [1.165, 1.54) is 36.0 Å². The highest BCUT2D eigenvalue weighted by Crippen LogP contribution is 2.33. The quantitative estimate of drug-likeness (QED) is 0.209. The second-order valence-electron chi connectivity index (χ2n) is 15.0. The second-order valence-corrected chi connectivity index (χ2v) is 15.0. The highest BCUT2D eigenvalue weighted by atomic mass is 16.7. The van der Waals surface area contributed by atoms with Gasteiger partial charge in [-0.3, -0.25) is 0 Å². The van der Waals surface area contributed by atoms with E-state index in [1.54, 1.807) is 0 Å². The third-order valence-corrected chi connectivity index (χ3v) is 7.70. The largest absolute Gasteiger partial charge is 0.350 e. The van der Waals surface area contributed by atoms with Crippen LogP contribution in [0.4, 0.5) is 0 Å². The van der Waals surface area contributed by atoms with Gasteiger partial charge < -0.3 is 18.9 Å². The second kappa shape index (κ2) is 17.2. The minimum absolute atomic E-state index is 0.148. The van der Waals surface area contributed by atoms with Gasteiger partial charge in [0.25, 0.3) is 0 Å². The standard InChI is InChI=1S/C18H34O2.C18H32O2/c2*1-15(2)9-7-10-16(3)11-8-12-18(6)19-13-17(4,5)14-20-18/h11,15H,7-10,12-14H2,1-6H3;9,11H,7-8,10,12-14H2,1-6H3. The smallest absolute Gasteiger partial charge is 0.165 e. The summed E-state index contributed by atoms with van der Waals surface area (Å²) in [6.07, 6.45) is 17.1. The fourth-order valence-corrected chi connectivity index (χ4v) is 4.59. The van der Waals surface area contributed by atoms with E-state index in [4.69, 9.17) is 18.9 Å². The van der Waals surface area contributed by atoms with Crippen LogP contribution in [0, 0.1) is 16.7 Å². The number of hydrogen-bond donors (Lipinski definition) is 0. The monoisotopic (exact) mass is 562 g/mol. The molecule has 2 fully saturated rings. The molecular formula is C36H66O4. The van der Waals surface area contributed by atoms with Crippen molar-refractivity contribution in [2.75, 3.05) is 26.4 Å². The van der Waals surface area contributed by atoms with Gasteiger partial charge in [0.2, 0.25) is 0 Å². The maximum atomic E-state index is 5.92. The molecule has 40 heavy (non-hydrogen) atoms. The fourth-order valence-electron chi connectivity index (χ4n) is 4.59. The molecule has 0 aliphatic carbocycles. The van der Waals surface area contributed by atoms with E-state index in [2.05, 4.69) is 101 Å². The van der Waals surface area contributed by atoms with Crippen LogP contribution in [0.5, 0.6) is 0 Å². The summed E-state index contributed by atoms with van der Waals surface area (Å²) in [5.41, 5.74) is 4.67. The molecular weight excluding hydrogens is 496 g/mol. The summed E-state index contributed by atoms with van der Waals surface area (Å²) in [7, 11) is 0. The topological polar surface area (TPSA) is 36.9 Å².